The van der Waals surface area contributed by atoms with Gasteiger partial charge in [-0.05, 0) is 0 Å². The van der Waals surface area contributed by atoms with Gasteiger partial charge in [0.15, 0.2) is 0 Å². The summed E-state index contributed by atoms with van der Waals surface area (Å²) in [5.41, 5.74) is 0.511. The summed E-state index contributed by atoms with van der Waals surface area (Å²) >= 11 is 0. The van der Waals surface area contributed by atoms with Crippen molar-refractivity contribution in [2.75, 3.05) is 6.54 Å². The van der Waals surface area contributed by atoms with Gasteiger partial charge in [-0.1, -0.05) is 0 Å². The number of aromatic amines is 1. The van der Waals surface area contributed by atoms with Crippen LogP contribution in [-0.4, -0.2) is 31.3 Å². The molecule has 0 unspecified atom stereocenters. The summed E-state index contributed by atoms with van der Waals surface area (Å²) in [7, 11) is -4.15. The summed E-state index contributed by atoms with van der Waals surface area (Å²) in [5.74, 6) is 0. The van der Waals surface area contributed by atoms with E-state index in [1.165, 1.54) is 17.1 Å². The van der Waals surface area contributed by atoms with E-state index < -0.39 is 22.9 Å². The lowest BCUT2D eigenvalue weighted by atomic mass is 10.4. The van der Waals surface area contributed by atoms with Gasteiger partial charge < -0.3 is 0 Å². The summed E-state index contributed by atoms with van der Waals surface area (Å²) in [6, 6.07) is 0. The Labute approximate surface area is 89.4 Å². The summed E-state index contributed by atoms with van der Waals surface area (Å²) < 4.78 is 60.5. The molecule has 1 aromatic heterocycles. The van der Waals surface area contributed by atoms with Crippen molar-refractivity contribution in [3.63, 3.8) is 0 Å². The molecule has 0 bridgehead atoms. The third kappa shape index (κ3) is 5.09. The molecule has 0 spiro atoms. The fraction of sp³-hybridized carbons (Fsp3) is 0.500. The Kier molecular flexibility index (Phi) is 3.88. The quantitative estimate of drug-likeness (QED) is 0.689. The number of alkyl halides is 3. The zero-order valence-electron chi connectivity index (χ0n) is 7.87. The van der Waals surface area contributed by atoms with Gasteiger partial charge in [-0.3, -0.25) is 5.10 Å². The summed E-state index contributed by atoms with van der Waals surface area (Å²) in [4.78, 5) is 0. The smallest absolute Gasteiger partial charge is 0.285 e. The van der Waals surface area contributed by atoms with Gasteiger partial charge in [0.1, 0.15) is 6.54 Å². The van der Waals surface area contributed by atoms with E-state index >= 15 is 0 Å². The van der Waals surface area contributed by atoms with Gasteiger partial charge in [0.25, 0.3) is 10.2 Å². The van der Waals surface area contributed by atoms with Crippen molar-refractivity contribution in [2.24, 2.45) is 0 Å². The zero-order chi connectivity index (χ0) is 12.2. The van der Waals surface area contributed by atoms with E-state index in [1.54, 1.807) is 0 Å². The van der Waals surface area contributed by atoms with Crippen molar-refractivity contribution in [1.82, 2.24) is 19.6 Å². The van der Waals surface area contributed by atoms with Gasteiger partial charge in [0.05, 0.1) is 6.20 Å². The Morgan fingerprint density at radius 1 is 1.38 bits per heavy atom. The van der Waals surface area contributed by atoms with Crippen molar-refractivity contribution < 1.29 is 21.6 Å². The number of hydrogen-bond acceptors (Lipinski definition) is 3. The molecular weight excluding hydrogens is 249 g/mol. The maximum absolute atomic E-state index is 11.7. The SMILES string of the molecule is O=S(=O)(NCc1cn[nH]c1)NCC(F)(F)F. The molecule has 1 aromatic rings. The highest BCUT2D eigenvalue weighted by molar-refractivity contribution is 7.87. The summed E-state index contributed by atoms with van der Waals surface area (Å²) in [5, 5.41) is 5.98. The van der Waals surface area contributed by atoms with Crippen molar-refractivity contribution in [3.05, 3.63) is 18.0 Å². The van der Waals surface area contributed by atoms with Gasteiger partial charge in [0, 0.05) is 18.3 Å². The average Bonchev–Trinajstić information content (AvgIpc) is 2.64. The number of aromatic nitrogens is 2. The van der Waals surface area contributed by atoms with Crippen molar-refractivity contribution in [2.45, 2.75) is 12.7 Å². The summed E-state index contributed by atoms with van der Waals surface area (Å²) in [6.45, 7) is -1.74. The topological polar surface area (TPSA) is 86.9 Å². The lowest BCUT2D eigenvalue weighted by Crippen LogP contribution is -2.41. The van der Waals surface area contributed by atoms with Crippen LogP contribution in [0.1, 0.15) is 5.56 Å². The standard InChI is InChI=1S/C6H9F3N4O2S/c7-6(8,9)4-13-16(14,15)12-3-5-1-10-11-2-5/h1-2,12-13H,3-4H2,(H,10,11). The second kappa shape index (κ2) is 4.80. The molecule has 6 nitrogen and oxygen atoms in total. The van der Waals surface area contributed by atoms with Gasteiger partial charge in [-0.15, -0.1) is 0 Å². The minimum absolute atomic E-state index is 0.135. The van der Waals surface area contributed by atoms with Gasteiger partial charge >= 0.3 is 6.18 Å². The minimum Gasteiger partial charge on any atom is -0.285 e. The van der Waals surface area contributed by atoms with Crippen LogP contribution < -0.4 is 9.44 Å². The fourth-order valence-electron chi connectivity index (χ4n) is 0.781. The van der Waals surface area contributed by atoms with E-state index in [0.717, 1.165) is 0 Å². The molecule has 0 saturated heterocycles. The molecule has 0 fully saturated rings. The van der Waals surface area contributed by atoms with E-state index in [9.17, 15) is 21.6 Å². The largest absolute Gasteiger partial charge is 0.402 e. The van der Waals surface area contributed by atoms with Crippen LogP contribution in [0, 0.1) is 0 Å². The first-order valence-electron chi connectivity index (χ1n) is 4.07. The third-order valence-corrected chi connectivity index (χ3v) is 2.53. The van der Waals surface area contributed by atoms with Crippen molar-refractivity contribution >= 4 is 10.2 Å². The number of H-pyrrole nitrogens is 1. The highest BCUT2D eigenvalue weighted by atomic mass is 32.2. The van der Waals surface area contributed by atoms with Crippen LogP contribution in [0.25, 0.3) is 0 Å². The second-order valence-electron chi connectivity index (χ2n) is 2.87. The van der Waals surface area contributed by atoms with Crippen molar-refractivity contribution in [1.29, 1.82) is 0 Å². The Balaban J connectivity index is 2.41. The lowest BCUT2D eigenvalue weighted by Gasteiger charge is -2.09. The predicted octanol–water partition coefficient (Wildman–Crippen LogP) is -0.104. The predicted molar refractivity (Wildman–Crippen MR) is 48.4 cm³/mol. The maximum Gasteiger partial charge on any atom is 0.402 e. The molecule has 0 aliphatic heterocycles. The highest BCUT2D eigenvalue weighted by Gasteiger charge is 2.29. The first-order valence-corrected chi connectivity index (χ1v) is 5.55. The van der Waals surface area contributed by atoms with Crippen LogP contribution in [0.2, 0.25) is 0 Å². The molecule has 0 saturated carbocycles. The number of rotatable bonds is 5. The number of hydrogen-bond donors (Lipinski definition) is 3. The van der Waals surface area contributed by atoms with Gasteiger partial charge in [0.2, 0.25) is 0 Å². The van der Waals surface area contributed by atoms with Crippen LogP contribution in [0.5, 0.6) is 0 Å². The maximum atomic E-state index is 11.7. The van der Waals surface area contributed by atoms with Gasteiger partial charge in [-0.2, -0.15) is 36.1 Å². The zero-order valence-corrected chi connectivity index (χ0v) is 8.69. The molecule has 92 valence electrons. The normalized spacial score (nSPS) is 12.9. The molecule has 1 heterocycles. The molecular formula is C6H9F3N4O2S. The van der Waals surface area contributed by atoms with E-state index in [4.69, 9.17) is 0 Å². The first kappa shape index (κ1) is 12.9. The Hall–Kier alpha value is -1.13. The highest BCUT2D eigenvalue weighted by Crippen LogP contribution is 2.12. The molecule has 0 aliphatic carbocycles. The lowest BCUT2D eigenvalue weighted by molar-refractivity contribution is -0.121. The Bertz CT molecular complexity index is 413. The van der Waals surface area contributed by atoms with E-state index in [1.807, 2.05) is 4.72 Å². The molecule has 0 amide bonds. The van der Waals surface area contributed by atoms with Crippen LogP contribution in [0.15, 0.2) is 12.4 Å². The number of nitrogens with zero attached hydrogens (tertiary/aromatic N) is 1. The van der Waals surface area contributed by atoms with Crippen LogP contribution >= 0.6 is 0 Å². The molecule has 0 aliphatic rings. The van der Waals surface area contributed by atoms with Crippen molar-refractivity contribution in [3.8, 4) is 0 Å². The summed E-state index contributed by atoms with van der Waals surface area (Å²) in [6.07, 6.45) is -1.80. The van der Waals surface area contributed by atoms with Crippen LogP contribution in [-0.2, 0) is 16.8 Å². The van der Waals surface area contributed by atoms with E-state index in [0.29, 0.717) is 5.56 Å². The molecule has 16 heavy (non-hydrogen) atoms. The Morgan fingerprint density at radius 3 is 2.56 bits per heavy atom. The average molecular weight is 258 g/mol. The number of nitrogens with one attached hydrogen (secondary N) is 3. The van der Waals surface area contributed by atoms with Crippen LogP contribution in [0.4, 0.5) is 13.2 Å². The Morgan fingerprint density at radius 2 is 2.06 bits per heavy atom. The van der Waals surface area contributed by atoms with Crippen LogP contribution in [0.3, 0.4) is 0 Å². The molecule has 1 rings (SSSR count). The van der Waals surface area contributed by atoms with E-state index in [2.05, 4.69) is 10.2 Å². The monoisotopic (exact) mass is 258 g/mol. The fourth-order valence-corrected chi connectivity index (χ4v) is 1.59. The minimum atomic E-state index is -4.58. The second-order valence-corrected chi connectivity index (χ2v) is 4.45. The molecule has 0 atom stereocenters. The van der Waals surface area contributed by atoms with E-state index in [-0.39, 0.29) is 6.54 Å². The molecule has 0 aromatic carbocycles. The third-order valence-electron chi connectivity index (χ3n) is 1.48. The number of halogens is 3. The molecule has 10 heteroatoms. The molecule has 3 N–H and O–H groups in total. The molecule has 0 radical (unpaired) electrons. The van der Waals surface area contributed by atoms with Gasteiger partial charge in [-0.25, -0.2) is 0 Å². The first-order chi connectivity index (χ1) is 7.29.